The number of aldehydes is 1. The van der Waals surface area contributed by atoms with Crippen LogP contribution in [0, 0.1) is 28.6 Å². The number of carbonyl (C=O) groups excluding carboxylic acids is 1. The second-order valence-corrected chi connectivity index (χ2v) is 10.9. The SMILES string of the molecule is COC1(O[C@H]2CC[C@@]3(C=O)C(=CC[C@H]4[C@@H]5CC[C@H](O)[C@@]5(C)CC[C@@H]43)C2)CCCC1. The summed E-state index contributed by atoms with van der Waals surface area (Å²) >= 11 is 0. The zero-order valence-electron chi connectivity index (χ0n) is 18.2. The van der Waals surface area contributed by atoms with Crippen LogP contribution in [-0.2, 0) is 14.3 Å². The molecule has 1 N–H and O–H groups in total. The molecule has 0 heterocycles. The number of allylic oxidation sites excluding steroid dienone is 1. The van der Waals surface area contributed by atoms with Gasteiger partial charge in [-0.15, -0.1) is 0 Å². The zero-order valence-corrected chi connectivity index (χ0v) is 18.2. The highest BCUT2D eigenvalue weighted by Crippen LogP contribution is 2.64. The molecule has 0 aromatic heterocycles. The van der Waals surface area contributed by atoms with Crippen molar-refractivity contribution in [3.8, 4) is 0 Å². The number of aliphatic hydroxyl groups excluding tert-OH is 1. The molecule has 7 atom stereocenters. The molecule has 0 aliphatic heterocycles. The number of ether oxygens (including phenoxy) is 2. The van der Waals surface area contributed by atoms with Crippen LogP contribution in [0.2, 0.25) is 0 Å². The predicted molar refractivity (Wildman–Crippen MR) is 111 cm³/mol. The summed E-state index contributed by atoms with van der Waals surface area (Å²) in [6.07, 6.45) is 16.1. The second-order valence-electron chi connectivity index (χ2n) is 10.9. The van der Waals surface area contributed by atoms with E-state index in [-0.39, 0.29) is 23.0 Å². The molecule has 0 aromatic rings. The molecule has 0 aromatic carbocycles. The van der Waals surface area contributed by atoms with Crippen molar-refractivity contribution < 1.29 is 19.4 Å². The molecule has 0 amide bonds. The van der Waals surface area contributed by atoms with Crippen LogP contribution < -0.4 is 0 Å². The van der Waals surface area contributed by atoms with Gasteiger partial charge in [-0.25, -0.2) is 0 Å². The van der Waals surface area contributed by atoms with Crippen molar-refractivity contribution in [2.75, 3.05) is 7.11 Å². The lowest BCUT2D eigenvalue weighted by Gasteiger charge is -2.57. The third-order valence-corrected chi connectivity index (χ3v) is 9.94. The summed E-state index contributed by atoms with van der Waals surface area (Å²) in [6.45, 7) is 2.30. The molecule has 0 unspecified atom stereocenters. The Morgan fingerprint density at radius 2 is 1.86 bits per heavy atom. The number of aliphatic hydroxyl groups is 1. The topological polar surface area (TPSA) is 55.8 Å². The van der Waals surface area contributed by atoms with Gasteiger partial charge in [-0.05, 0) is 87.4 Å². The minimum atomic E-state index is -0.393. The zero-order chi connectivity index (χ0) is 20.3. The summed E-state index contributed by atoms with van der Waals surface area (Å²) in [4.78, 5) is 12.6. The molecule has 4 nitrogen and oxygen atoms in total. The molecule has 162 valence electrons. The first kappa shape index (κ1) is 20.2. The van der Waals surface area contributed by atoms with Gasteiger partial charge in [0.1, 0.15) is 6.29 Å². The van der Waals surface area contributed by atoms with Crippen LogP contribution in [-0.4, -0.2) is 36.5 Å². The minimum absolute atomic E-state index is 0.0597. The molecule has 29 heavy (non-hydrogen) atoms. The van der Waals surface area contributed by atoms with Crippen molar-refractivity contribution in [1.82, 2.24) is 0 Å². The van der Waals surface area contributed by atoms with Crippen molar-refractivity contribution in [2.24, 2.45) is 28.6 Å². The summed E-state index contributed by atoms with van der Waals surface area (Å²) in [6, 6.07) is 0. The fraction of sp³-hybridized carbons (Fsp3) is 0.880. The van der Waals surface area contributed by atoms with E-state index in [2.05, 4.69) is 13.0 Å². The Labute approximate surface area is 175 Å². The molecule has 4 heteroatoms. The first-order chi connectivity index (χ1) is 14.0. The quantitative estimate of drug-likeness (QED) is 0.417. The van der Waals surface area contributed by atoms with E-state index in [4.69, 9.17) is 9.47 Å². The van der Waals surface area contributed by atoms with Gasteiger partial charge < -0.3 is 19.4 Å². The molecule has 0 radical (unpaired) electrons. The van der Waals surface area contributed by atoms with Crippen LogP contribution in [0.3, 0.4) is 0 Å². The Morgan fingerprint density at radius 1 is 1.07 bits per heavy atom. The van der Waals surface area contributed by atoms with E-state index in [1.807, 2.05) is 0 Å². The number of hydrogen-bond acceptors (Lipinski definition) is 4. The van der Waals surface area contributed by atoms with E-state index < -0.39 is 5.79 Å². The summed E-state index contributed by atoms with van der Waals surface area (Å²) in [5, 5.41) is 10.6. The second kappa shape index (κ2) is 7.17. The van der Waals surface area contributed by atoms with Gasteiger partial charge in [-0.3, -0.25) is 0 Å². The van der Waals surface area contributed by atoms with Gasteiger partial charge in [0.2, 0.25) is 0 Å². The first-order valence-electron chi connectivity index (χ1n) is 12.0. The smallest absolute Gasteiger partial charge is 0.168 e. The van der Waals surface area contributed by atoms with Gasteiger partial charge in [0.05, 0.1) is 17.6 Å². The highest BCUT2D eigenvalue weighted by Gasteiger charge is 2.60. The van der Waals surface area contributed by atoms with E-state index in [1.54, 1.807) is 7.11 Å². The van der Waals surface area contributed by atoms with Crippen LogP contribution in [0.25, 0.3) is 0 Å². The van der Waals surface area contributed by atoms with Gasteiger partial charge in [-0.2, -0.15) is 0 Å². The van der Waals surface area contributed by atoms with E-state index >= 15 is 0 Å². The molecule has 0 saturated heterocycles. The van der Waals surface area contributed by atoms with Crippen LogP contribution in [0.1, 0.15) is 84.0 Å². The lowest BCUT2D eigenvalue weighted by Crippen LogP contribution is -2.53. The Bertz CT molecular complexity index is 680. The molecule has 4 saturated carbocycles. The van der Waals surface area contributed by atoms with Crippen molar-refractivity contribution in [1.29, 1.82) is 0 Å². The normalized spacial score (nSPS) is 48.4. The van der Waals surface area contributed by atoms with Crippen LogP contribution in [0.5, 0.6) is 0 Å². The van der Waals surface area contributed by atoms with E-state index in [0.29, 0.717) is 17.8 Å². The van der Waals surface area contributed by atoms with Crippen LogP contribution in [0.4, 0.5) is 0 Å². The number of rotatable bonds is 4. The van der Waals surface area contributed by atoms with Crippen molar-refractivity contribution in [2.45, 2.75) is 102 Å². The predicted octanol–water partition coefficient (Wildman–Crippen LogP) is 4.79. The molecule has 4 fully saturated rings. The van der Waals surface area contributed by atoms with Crippen LogP contribution >= 0.6 is 0 Å². The largest absolute Gasteiger partial charge is 0.393 e. The molecular weight excluding hydrogens is 364 g/mol. The first-order valence-corrected chi connectivity index (χ1v) is 12.0. The third-order valence-electron chi connectivity index (χ3n) is 9.94. The molecule has 5 rings (SSSR count). The fourth-order valence-electron chi connectivity index (χ4n) is 8.21. The standard InChI is InChI=1S/C25H38O4/c1-23-13-10-21-19(20(23)7-8-22(23)27)6-5-17-15-18(9-14-24(17,21)16-26)29-25(28-2)11-3-4-12-25/h5,16,18-22,27H,3-4,6-15H2,1-2H3/t18-,19-,20-,21-,22-,23-,24+/m0/s1. The maximum atomic E-state index is 12.6. The van der Waals surface area contributed by atoms with Gasteiger partial charge in [0, 0.05) is 20.0 Å². The number of carbonyl (C=O) groups is 1. The Kier molecular flexibility index (Phi) is 5.00. The lowest BCUT2D eigenvalue weighted by molar-refractivity contribution is -0.246. The highest BCUT2D eigenvalue weighted by atomic mass is 16.7. The number of hydrogen-bond donors (Lipinski definition) is 1. The minimum Gasteiger partial charge on any atom is -0.393 e. The molecule has 5 aliphatic carbocycles. The van der Waals surface area contributed by atoms with Gasteiger partial charge in [0.25, 0.3) is 0 Å². The molecule has 0 spiro atoms. The van der Waals surface area contributed by atoms with Gasteiger partial charge in [-0.1, -0.05) is 18.6 Å². The summed E-state index contributed by atoms with van der Waals surface area (Å²) in [7, 11) is 1.78. The number of fused-ring (bicyclic) bond motifs is 5. The van der Waals surface area contributed by atoms with Crippen molar-refractivity contribution in [3.05, 3.63) is 11.6 Å². The highest BCUT2D eigenvalue weighted by molar-refractivity contribution is 5.67. The van der Waals surface area contributed by atoms with Crippen molar-refractivity contribution in [3.63, 3.8) is 0 Å². The Hall–Kier alpha value is -0.710. The molecular formula is C25H38O4. The summed E-state index contributed by atoms with van der Waals surface area (Å²) in [5.74, 6) is 1.18. The third kappa shape index (κ3) is 2.92. The van der Waals surface area contributed by atoms with Crippen LogP contribution in [0.15, 0.2) is 11.6 Å². The Balaban J connectivity index is 1.38. The molecule has 5 aliphatic rings. The Morgan fingerprint density at radius 3 is 2.59 bits per heavy atom. The van der Waals surface area contributed by atoms with E-state index in [1.165, 1.54) is 24.7 Å². The average molecular weight is 403 g/mol. The molecule has 0 bridgehead atoms. The van der Waals surface area contributed by atoms with E-state index in [0.717, 1.165) is 64.2 Å². The maximum Gasteiger partial charge on any atom is 0.168 e. The summed E-state index contributed by atoms with van der Waals surface area (Å²) < 4.78 is 12.4. The summed E-state index contributed by atoms with van der Waals surface area (Å²) in [5.41, 5.74) is 1.12. The van der Waals surface area contributed by atoms with Gasteiger partial charge in [0.15, 0.2) is 5.79 Å². The monoisotopic (exact) mass is 402 g/mol. The van der Waals surface area contributed by atoms with E-state index in [9.17, 15) is 9.90 Å². The van der Waals surface area contributed by atoms with Crippen molar-refractivity contribution >= 4 is 6.29 Å². The fourth-order valence-corrected chi connectivity index (χ4v) is 8.21. The maximum absolute atomic E-state index is 12.6. The number of methoxy groups -OCH3 is 1. The van der Waals surface area contributed by atoms with Gasteiger partial charge >= 0.3 is 0 Å². The lowest BCUT2D eigenvalue weighted by atomic mass is 9.48. The average Bonchev–Trinajstić information content (AvgIpc) is 3.32.